The first-order valence-corrected chi connectivity index (χ1v) is 7.77. The van der Waals surface area contributed by atoms with Gasteiger partial charge in [-0.1, -0.05) is 44.9 Å². The van der Waals surface area contributed by atoms with E-state index in [0.29, 0.717) is 5.92 Å². The quantitative estimate of drug-likeness (QED) is 0.865. The summed E-state index contributed by atoms with van der Waals surface area (Å²) >= 11 is 0. The van der Waals surface area contributed by atoms with Crippen molar-refractivity contribution in [1.82, 2.24) is 5.32 Å². The molecule has 2 unspecified atom stereocenters. The van der Waals surface area contributed by atoms with Crippen LogP contribution in [0.3, 0.4) is 0 Å². The lowest BCUT2D eigenvalue weighted by Crippen LogP contribution is -2.44. The maximum absolute atomic E-state index is 12.4. The van der Waals surface area contributed by atoms with Gasteiger partial charge < -0.3 is 10.6 Å². The maximum Gasteiger partial charge on any atom is 0.225 e. The summed E-state index contributed by atoms with van der Waals surface area (Å²) in [6, 6.07) is 8.51. The number of para-hydroxylation sites is 1. The van der Waals surface area contributed by atoms with E-state index in [1.165, 1.54) is 11.3 Å². The number of hydrogen-bond acceptors (Lipinski definition) is 2. The first-order chi connectivity index (χ1) is 9.65. The van der Waals surface area contributed by atoms with Crippen LogP contribution in [0.15, 0.2) is 24.3 Å². The Kier molecular flexibility index (Phi) is 5.05. The number of benzene rings is 1. The van der Waals surface area contributed by atoms with Crippen LogP contribution in [0.5, 0.6) is 0 Å². The van der Waals surface area contributed by atoms with Gasteiger partial charge >= 0.3 is 0 Å². The summed E-state index contributed by atoms with van der Waals surface area (Å²) in [4.78, 5) is 12.4. The zero-order valence-corrected chi connectivity index (χ0v) is 12.8. The molecule has 2 rings (SSSR count). The van der Waals surface area contributed by atoms with Gasteiger partial charge in [0.15, 0.2) is 0 Å². The van der Waals surface area contributed by atoms with Gasteiger partial charge in [-0.15, -0.1) is 0 Å². The first kappa shape index (κ1) is 14.9. The Morgan fingerprint density at radius 1 is 1.35 bits per heavy atom. The van der Waals surface area contributed by atoms with Crippen LogP contribution >= 0.6 is 0 Å². The lowest BCUT2D eigenvalue weighted by atomic mass is 9.91. The highest BCUT2D eigenvalue weighted by molar-refractivity contribution is 5.81. The lowest BCUT2D eigenvalue weighted by Gasteiger charge is -2.28. The second-order valence-corrected chi connectivity index (χ2v) is 5.81. The molecule has 20 heavy (non-hydrogen) atoms. The molecule has 0 spiro atoms. The Bertz CT molecular complexity index is 454. The minimum atomic E-state index is 0.0433. The molecule has 110 valence electrons. The van der Waals surface area contributed by atoms with Crippen LogP contribution in [0.25, 0.3) is 0 Å². The summed E-state index contributed by atoms with van der Waals surface area (Å²) in [7, 11) is 0. The van der Waals surface area contributed by atoms with Crippen LogP contribution in [-0.2, 0) is 11.2 Å². The van der Waals surface area contributed by atoms with Crippen molar-refractivity contribution in [2.24, 2.45) is 11.8 Å². The Balaban J connectivity index is 1.95. The van der Waals surface area contributed by atoms with Crippen molar-refractivity contribution < 1.29 is 4.79 Å². The van der Waals surface area contributed by atoms with Crippen molar-refractivity contribution >= 4 is 11.6 Å². The molecule has 0 fully saturated rings. The molecule has 1 aromatic carbocycles. The third-order valence-corrected chi connectivity index (χ3v) is 4.52. The minimum absolute atomic E-state index is 0.0433. The number of anilines is 1. The average Bonchev–Trinajstić information content (AvgIpc) is 2.48. The summed E-state index contributed by atoms with van der Waals surface area (Å²) < 4.78 is 0. The van der Waals surface area contributed by atoms with Crippen molar-refractivity contribution in [3.63, 3.8) is 0 Å². The van der Waals surface area contributed by atoms with E-state index in [0.717, 1.165) is 25.8 Å². The fourth-order valence-electron chi connectivity index (χ4n) is 3.08. The van der Waals surface area contributed by atoms with Crippen LogP contribution in [-0.4, -0.2) is 18.5 Å². The summed E-state index contributed by atoms with van der Waals surface area (Å²) in [6.45, 7) is 7.24. The van der Waals surface area contributed by atoms with Gasteiger partial charge in [-0.25, -0.2) is 0 Å². The molecule has 0 radical (unpaired) electrons. The number of nitrogens with one attached hydrogen (secondary N) is 2. The molecule has 3 heteroatoms. The highest BCUT2D eigenvalue weighted by atomic mass is 16.2. The molecule has 2 atom stereocenters. The fraction of sp³-hybridized carbons (Fsp3) is 0.588. The Hall–Kier alpha value is -1.51. The number of carbonyl (C=O) groups is 1. The lowest BCUT2D eigenvalue weighted by molar-refractivity contribution is -0.125. The van der Waals surface area contributed by atoms with E-state index in [2.05, 4.69) is 43.5 Å². The third-order valence-electron chi connectivity index (χ3n) is 4.52. The molecule has 1 heterocycles. The second kappa shape index (κ2) is 6.78. The van der Waals surface area contributed by atoms with Crippen LogP contribution in [0.1, 0.15) is 39.2 Å². The normalized spacial score (nSPS) is 19.1. The van der Waals surface area contributed by atoms with E-state index in [4.69, 9.17) is 0 Å². The van der Waals surface area contributed by atoms with E-state index in [1.807, 2.05) is 12.1 Å². The molecule has 0 saturated heterocycles. The van der Waals surface area contributed by atoms with Gasteiger partial charge in [0.25, 0.3) is 0 Å². The van der Waals surface area contributed by atoms with Crippen molar-refractivity contribution in [1.29, 1.82) is 0 Å². The predicted molar refractivity (Wildman–Crippen MR) is 83.8 cm³/mol. The maximum atomic E-state index is 12.4. The monoisotopic (exact) mass is 274 g/mol. The third kappa shape index (κ3) is 3.33. The summed E-state index contributed by atoms with van der Waals surface area (Å²) in [5.41, 5.74) is 2.42. The van der Waals surface area contributed by atoms with Crippen molar-refractivity contribution in [2.45, 2.75) is 46.1 Å². The van der Waals surface area contributed by atoms with E-state index in [9.17, 15) is 4.79 Å². The van der Waals surface area contributed by atoms with Crippen molar-refractivity contribution in [3.8, 4) is 0 Å². The highest BCUT2D eigenvalue weighted by Crippen LogP contribution is 2.24. The molecule has 1 amide bonds. The Morgan fingerprint density at radius 2 is 2.05 bits per heavy atom. The van der Waals surface area contributed by atoms with Crippen LogP contribution < -0.4 is 10.6 Å². The molecule has 1 aliphatic rings. The van der Waals surface area contributed by atoms with Crippen molar-refractivity contribution in [2.75, 3.05) is 11.9 Å². The molecule has 3 nitrogen and oxygen atoms in total. The molecule has 1 aliphatic heterocycles. The first-order valence-electron chi connectivity index (χ1n) is 7.77. The fourth-order valence-corrected chi connectivity index (χ4v) is 3.08. The average molecular weight is 274 g/mol. The number of fused-ring (bicyclic) bond motifs is 1. The summed E-state index contributed by atoms with van der Waals surface area (Å²) in [6.07, 6.45) is 3.07. The molecule has 0 aromatic heterocycles. The van der Waals surface area contributed by atoms with E-state index in [1.54, 1.807) is 0 Å². The van der Waals surface area contributed by atoms with E-state index >= 15 is 0 Å². The molecule has 0 aliphatic carbocycles. The van der Waals surface area contributed by atoms with Gasteiger partial charge in [-0.2, -0.15) is 0 Å². The minimum Gasteiger partial charge on any atom is -0.384 e. The number of amides is 1. The molecular formula is C17H26N2O. The molecule has 2 N–H and O–H groups in total. The number of carbonyl (C=O) groups excluding carboxylic acids is 1. The predicted octanol–water partition coefficient (Wildman–Crippen LogP) is 3.21. The standard InChI is InChI=1S/C17H26N2O/c1-4-13(5-2)12(3)19-17(20)15-10-14-8-6-7-9-16(14)18-11-15/h6-9,12-13,15,18H,4-5,10-11H2,1-3H3,(H,19,20). The second-order valence-electron chi connectivity index (χ2n) is 5.81. The summed E-state index contributed by atoms with van der Waals surface area (Å²) in [5.74, 6) is 0.802. The molecule has 0 saturated carbocycles. The highest BCUT2D eigenvalue weighted by Gasteiger charge is 2.26. The number of hydrogen-bond donors (Lipinski definition) is 2. The van der Waals surface area contributed by atoms with E-state index < -0.39 is 0 Å². The molecule has 0 bridgehead atoms. The largest absolute Gasteiger partial charge is 0.384 e. The topological polar surface area (TPSA) is 41.1 Å². The van der Waals surface area contributed by atoms with Gasteiger partial charge in [0.1, 0.15) is 0 Å². The van der Waals surface area contributed by atoms with Gasteiger partial charge in [-0.05, 0) is 30.9 Å². The number of rotatable bonds is 5. The zero-order chi connectivity index (χ0) is 14.5. The van der Waals surface area contributed by atoms with Gasteiger partial charge in [0.2, 0.25) is 5.91 Å². The molecule has 1 aromatic rings. The summed E-state index contributed by atoms with van der Waals surface area (Å²) in [5, 5.41) is 6.57. The van der Waals surface area contributed by atoms with Gasteiger partial charge in [0.05, 0.1) is 5.92 Å². The van der Waals surface area contributed by atoms with Crippen LogP contribution in [0.2, 0.25) is 0 Å². The van der Waals surface area contributed by atoms with Gasteiger partial charge in [0, 0.05) is 18.3 Å². The van der Waals surface area contributed by atoms with Crippen LogP contribution in [0.4, 0.5) is 5.69 Å². The smallest absolute Gasteiger partial charge is 0.225 e. The SMILES string of the molecule is CCC(CC)C(C)NC(=O)C1CNc2ccccc2C1. The zero-order valence-electron chi connectivity index (χ0n) is 12.8. The molecular weight excluding hydrogens is 248 g/mol. The Morgan fingerprint density at radius 3 is 2.75 bits per heavy atom. The van der Waals surface area contributed by atoms with Crippen LogP contribution in [0, 0.1) is 11.8 Å². The van der Waals surface area contributed by atoms with Gasteiger partial charge in [-0.3, -0.25) is 4.79 Å². The van der Waals surface area contributed by atoms with E-state index in [-0.39, 0.29) is 17.9 Å². The van der Waals surface area contributed by atoms with Crippen molar-refractivity contribution in [3.05, 3.63) is 29.8 Å². The Labute approximate surface area is 122 Å².